The van der Waals surface area contributed by atoms with Gasteiger partial charge in [0.15, 0.2) is 0 Å². The molecule has 1 aliphatic rings. The zero-order valence-electron chi connectivity index (χ0n) is 13.3. The molecule has 2 aromatic carbocycles. The van der Waals surface area contributed by atoms with Gasteiger partial charge in [0.25, 0.3) is 0 Å². The smallest absolute Gasteiger partial charge is 0.242 e. The van der Waals surface area contributed by atoms with Crippen LogP contribution in [0.15, 0.2) is 48.5 Å². The van der Waals surface area contributed by atoms with Crippen molar-refractivity contribution in [1.82, 2.24) is 10.2 Å². The van der Waals surface area contributed by atoms with E-state index in [-0.39, 0.29) is 24.8 Å². The van der Waals surface area contributed by atoms with Crippen molar-refractivity contribution >= 4 is 11.8 Å². The van der Waals surface area contributed by atoms with Gasteiger partial charge in [0.2, 0.25) is 11.8 Å². The Balaban J connectivity index is 1.51. The monoisotopic (exact) mass is 326 g/mol. The van der Waals surface area contributed by atoms with Crippen molar-refractivity contribution in [3.63, 3.8) is 0 Å². The molecule has 0 saturated carbocycles. The molecule has 1 heterocycles. The number of fused-ring (bicyclic) bond motifs is 1. The SMILES string of the molecule is O=C(Cc1ccccc1F)NCC(=O)N1CCc2ccccc2C1. The molecule has 4 nitrogen and oxygen atoms in total. The van der Waals surface area contributed by atoms with Crippen molar-refractivity contribution in [2.75, 3.05) is 13.1 Å². The fourth-order valence-electron chi connectivity index (χ4n) is 2.87. The number of amides is 2. The highest BCUT2D eigenvalue weighted by atomic mass is 19.1. The Morgan fingerprint density at radius 3 is 2.54 bits per heavy atom. The van der Waals surface area contributed by atoms with Gasteiger partial charge in [0, 0.05) is 13.1 Å². The minimum atomic E-state index is -0.411. The molecule has 0 saturated heterocycles. The molecule has 0 aromatic heterocycles. The molecule has 0 radical (unpaired) electrons. The number of carbonyl (C=O) groups is 2. The molecule has 24 heavy (non-hydrogen) atoms. The van der Waals surface area contributed by atoms with Crippen LogP contribution in [0.3, 0.4) is 0 Å². The minimum absolute atomic E-state index is 0.0601. The molecule has 3 rings (SSSR count). The fraction of sp³-hybridized carbons (Fsp3) is 0.263. The Kier molecular flexibility index (Phi) is 4.89. The zero-order valence-corrected chi connectivity index (χ0v) is 13.3. The summed E-state index contributed by atoms with van der Waals surface area (Å²) in [6.45, 7) is 1.16. The van der Waals surface area contributed by atoms with Gasteiger partial charge in [-0.1, -0.05) is 42.5 Å². The van der Waals surface area contributed by atoms with Crippen LogP contribution in [0, 0.1) is 5.82 Å². The quantitative estimate of drug-likeness (QED) is 0.935. The highest BCUT2D eigenvalue weighted by Crippen LogP contribution is 2.18. The standard InChI is InChI=1S/C19H19FN2O2/c20-17-8-4-3-6-15(17)11-18(23)21-12-19(24)22-10-9-14-5-1-2-7-16(14)13-22/h1-8H,9-13H2,(H,21,23). The van der Waals surface area contributed by atoms with Gasteiger partial charge in [-0.05, 0) is 29.2 Å². The Bertz CT molecular complexity index is 761. The maximum absolute atomic E-state index is 13.5. The predicted octanol–water partition coefficient (Wildman–Crippen LogP) is 2.07. The van der Waals surface area contributed by atoms with E-state index < -0.39 is 5.82 Å². The largest absolute Gasteiger partial charge is 0.347 e. The summed E-state index contributed by atoms with van der Waals surface area (Å²) >= 11 is 0. The zero-order chi connectivity index (χ0) is 16.9. The van der Waals surface area contributed by atoms with E-state index in [1.54, 1.807) is 23.1 Å². The lowest BCUT2D eigenvalue weighted by Gasteiger charge is -2.29. The summed E-state index contributed by atoms with van der Waals surface area (Å²) in [5.41, 5.74) is 2.74. The second-order valence-electron chi connectivity index (χ2n) is 5.88. The summed E-state index contributed by atoms with van der Waals surface area (Å²) in [5, 5.41) is 2.58. The number of halogens is 1. The maximum atomic E-state index is 13.5. The number of benzene rings is 2. The number of hydrogen-bond acceptors (Lipinski definition) is 2. The molecule has 5 heteroatoms. The van der Waals surface area contributed by atoms with Crippen LogP contribution in [0.4, 0.5) is 4.39 Å². The molecular weight excluding hydrogens is 307 g/mol. The van der Waals surface area contributed by atoms with Crippen molar-refractivity contribution in [3.05, 3.63) is 71.0 Å². The second-order valence-corrected chi connectivity index (χ2v) is 5.88. The highest BCUT2D eigenvalue weighted by molar-refractivity contribution is 5.85. The maximum Gasteiger partial charge on any atom is 0.242 e. The van der Waals surface area contributed by atoms with Crippen molar-refractivity contribution in [1.29, 1.82) is 0 Å². The van der Waals surface area contributed by atoms with Crippen LogP contribution in [0.1, 0.15) is 16.7 Å². The van der Waals surface area contributed by atoms with Crippen LogP contribution >= 0.6 is 0 Å². The van der Waals surface area contributed by atoms with Gasteiger partial charge in [-0.15, -0.1) is 0 Å². The van der Waals surface area contributed by atoms with E-state index in [0.717, 1.165) is 12.0 Å². The molecular formula is C19H19FN2O2. The Hall–Kier alpha value is -2.69. The van der Waals surface area contributed by atoms with Crippen molar-refractivity contribution in [2.45, 2.75) is 19.4 Å². The molecule has 1 aliphatic heterocycles. The van der Waals surface area contributed by atoms with Gasteiger partial charge in [-0.3, -0.25) is 9.59 Å². The Morgan fingerprint density at radius 1 is 1.04 bits per heavy atom. The van der Waals surface area contributed by atoms with Crippen LogP contribution < -0.4 is 5.32 Å². The summed E-state index contributed by atoms with van der Waals surface area (Å²) in [5.74, 6) is -0.885. The molecule has 124 valence electrons. The van der Waals surface area contributed by atoms with Crippen molar-refractivity contribution < 1.29 is 14.0 Å². The molecule has 0 fully saturated rings. The summed E-state index contributed by atoms with van der Waals surface area (Å²) in [7, 11) is 0. The summed E-state index contributed by atoms with van der Waals surface area (Å²) < 4.78 is 13.5. The van der Waals surface area contributed by atoms with E-state index in [4.69, 9.17) is 0 Å². The second kappa shape index (κ2) is 7.25. The van der Waals surface area contributed by atoms with Crippen molar-refractivity contribution in [2.24, 2.45) is 0 Å². The van der Waals surface area contributed by atoms with Gasteiger partial charge in [0.1, 0.15) is 5.82 Å². The van der Waals surface area contributed by atoms with E-state index in [2.05, 4.69) is 11.4 Å². The topological polar surface area (TPSA) is 49.4 Å². The first kappa shape index (κ1) is 16.2. The molecule has 0 spiro atoms. The highest BCUT2D eigenvalue weighted by Gasteiger charge is 2.20. The average Bonchev–Trinajstić information content (AvgIpc) is 2.61. The van der Waals surface area contributed by atoms with Crippen LogP contribution in [0.25, 0.3) is 0 Å². The van der Waals surface area contributed by atoms with Gasteiger partial charge in [-0.25, -0.2) is 4.39 Å². The lowest BCUT2D eigenvalue weighted by Crippen LogP contribution is -2.42. The van der Waals surface area contributed by atoms with Gasteiger partial charge in [-0.2, -0.15) is 0 Å². The van der Waals surface area contributed by atoms with Crippen LogP contribution in [-0.4, -0.2) is 29.8 Å². The normalized spacial score (nSPS) is 13.3. The van der Waals surface area contributed by atoms with Crippen LogP contribution in [0.5, 0.6) is 0 Å². The number of nitrogens with one attached hydrogen (secondary N) is 1. The molecule has 2 aromatic rings. The number of hydrogen-bond donors (Lipinski definition) is 1. The van der Waals surface area contributed by atoms with E-state index in [9.17, 15) is 14.0 Å². The third-order valence-electron chi connectivity index (χ3n) is 4.23. The third-order valence-corrected chi connectivity index (χ3v) is 4.23. The predicted molar refractivity (Wildman–Crippen MR) is 88.7 cm³/mol. The summed E-state index contributed by atoms with van der Waals surface area (Å²) in [6.07, 6.45) is 0.758. The van der Waals surface area contributed by atoms with Gasteiger partial charge < -0.3 is 10.2 Å². The Morgan fingerprint density at radius 2 is 1.75 bits per heavy atom. The van der Waals surface area contributed by atoms with E-state index in [0.29, 0.717) is 18.7 Å². The molecule has 0 aliphatic carbocycles. The van der Waals surface area contributed by atoms with Crippen LogP contribution in [0.2, 0.25) is 0 Å². The van der Waals surface area contributed by atoms with E-state index >= 15 is 0 Å². The number of carbonyl (C=O) groups excluding carboxylic acids is 2. The fourth-order valence-corrected chi connectivity index (χ4v) is 2.87. The van der Waals surface area contributed by atoms with Gasteiger partial charge in [0.05, 0.1) is 13.0 Å². The van der Waals surface area contributed by atoms with E-state index in [1.165, 1.54) is 11.6 Å². The first-order chi connectivity index (χ1) is 11.6. The summed E-state index contributed by atoms with van der Waals surface area (Å²) in [4.78, 5) is 25.9. The number of nitrogens with zero attached hydrogens (tertiary/aromatic N) is 1. The van der Waals surface area contributed by atoms with Crippen LogP contribution in [-0.2, 0) is 29.0 Å². The minimum Gasteiger partial charge on any atom is -0.347 e. The molecule has 0 bridgehead atoms. The average molecular weight is 326 g/mol. The third kappa shape index (κ3) is 3.79. The first-order valence-corrected chi connectivity index (χ1v) is 7.98. The molecule has 2 amide bonds. The number of rotatable bonds is 4. The lowest BCUT2D eigenvalue weighted by molar-refractivity contribution is -0.133. The molecule has 0 atom stereocenters. The van der Waals surface area contributed by atoms with Gasteiger partial charge >= 0.3 is 0 Å². The first-order valence-electron chi connectivity index (χ1n) is 7.98. The lowest BCUT2D eigenvalue weighted by atomic mass is 10.00. The molecule has 1 N–H and O–H groups in total. The van der Waals surface area contributed by atoms with E-state index in [1.807, 2.05) is 18.2 Å². The molecule has 0 unspecified atom stereocenters. The summed E-state index contributed by atoms with van der Waals surface area (Å²) in [6, 6.07) is 14.2. The Labute approximate surface area is 140 Å². The van der Waals surface area contributed by atoms with Crippen molar-refractivity contribution in [3.8, 4) is 0 Å².